The molecule has 0 radical (unpaired) electrons. The molecule has 2 rings (SSSR count). The second-order valence-corrected chi connectivity index (χ2v) is 6.41. The SMILES string of the molecule is Cc1c(C)n(C(C)C)c(=O)n(-c2ccc(C[C@H](N)C(=O)O)cc2)c1=O. The zero-order chi connectivity index (χ0) is 18.9. The highest BCUT2D eigenvalue weighted by molar-refractivity contribution is 5.73. The number of carboxylic acid groups (broad SMARTS) is 1. The van der Waals surface area contributed by atoms with E-state index in [1.807, 2.05) is 13.8 Å². The lowest BCUT2D eigenvalue weighted by Crippen LogP contribution is -2.42. The first kappa shape index (κ1) is 18.7. The third-order valence-corrected chi connectivity index (χ3v) is 4.31. The molecule has 2 aromatic rings. The Bertz CT molecular complexity index is 908. The fourth-order valence-corrected chi connectivity index (χ4v) is 2.80. The zero-order valence-corrected chi connectivity index (χ0v) is 14.8. The second-order valence-electron chi connectivity index (χ2n) is 6.41. The van der Waals surface area contributed by atoms with Gasteiger partial charge in [0.05, 0.1) is 5.69 Å². The van der Waals surface area contributed by atoms with Crippen LogP contribution in [0.4, 0.5) is 0 Å². The van der Waals surface area contributed by atoms with Gasteiger partial charge in [0.2, 0.25) is 0 Å². The summed E-state index contributed by atoms with van der Waals surface area (Å²) in [7, 11) is 0. The predicted octanol–water partition coefficient (Wildman–Crippen LogP) is 1.15. The van der Waals surface area contributed by atoms with Crippen molar-refractivity contribution >= 4 is 5.97 Å². The normalized spacial score (nSPS) is 12.4. The molecule has 0 aliphatic rings. The number of rotatable bonds is 5. The summed E-state index contributed by atoms with van der Waals surface area (Å²) in [5, 5.41) is 8.87. The molecule has 0 saturated heterocycles. The van der Waals surface area contributed by atoms with Crippen molar-refractivity contribution in [1.82, 2.24) is 9.13 Å². The van der Waals surface area contributed by atoms with Gasteiger partial charge in [-0.1, -0.05) is 12.1 Å². The first-order valence-electron chi connectivity index (χ1n) is 8.07. The molecule has 0 aliphatic heterocycles. The van der Waals surface area contributed by atoms with Gasteiger partial charge in [0.25, 0.3) is 5.56 Å². The van der Waals surface area contributed by atoms with Crippen LogP contribution in [0.3, 0.4) is 0 Å². The molecule has 1 aromatic heterocycles. The van der Waals surface area contributed by atoms with E-state index in [2.05, 4.69) is 0 Å². The van der Waals surface area contributed by atoms with Crippen molar-refractivity contribution in [3.05, 3.63) is 61.9 Å². The Hall–Kier alpha value is -2.67. The average molecular weight is 345 g/mol. The van der Waals surface area contributed by atoms with Crippen LogP contribution in [0, 0.1) is 13.8 Å². The molecule has 0 fully saturated rings. The Morgan fingerprint density at radius 1 is 1.16 bits per heavy atom. The molecule has 1 aromatic carbocycles. The lowest BCUT2D eigenvalue weighted by Gasteiger charge is -2.18. The van der Waals surface area contributed by atoms with Gasteiger partial charge in [-0.2, -0.15) is 0 Å². The standard InChI is InChI=1S/C18H23N3O4/c1-10(2)20-12(4)11(3)16(22)21(18(20)25)14-7-5-13(6-8-14)9-15(19)17(23)24/h5-8,10,15H,9,19H2,1-4H3,(H,23,24)/t15-/m0/s1. The topological polar surface area (TPSA) is 107 Å². The molecule has 0 unspecified atom stereocenters. The van der Waals surface area contributed by atoms with E-state index in [1.54, 1.807) is 42.7 Å². The fourth-order valence-electron chi connectivity index (χ4n) is 2.80. The molecular formula is C18H23N3O4. The van der Waals surface area contributed by atoms with Gasteiger partial charge < -0.3 is 10.8 Å². The summed E-state index contributed by atoms with van der Waals surface area (Å²) in [6.07, 6.45) is 0.174. The number of carbonyl (C=O) groups is 1. The quantitative estimate of drug-likeness (QED) is 0.845. The van der Waals surface area contributed by atoms with Crippen molar-refractivity contribution < 1.29 is 9.90 Å². The molecule has 25 heavy (non-hydrogen) atoms. The van der Waals surface area contributed by atoms with Crippen molar-refractivity contribution in [2.75, 3.05) is 0 Å². The monoisotopic (exact) mass is 345 g/mol. The molecule has 1 atom stereocenters. The molecule has 0 bridgehead atoms. The third-order valence-electron chi connectivity index (χ3n) is 4.31. The Labute approximate surface area is 145 Å². The van der Waals surface area contributed by atoms with Crippen molar-refractivity contribution in [3.8, 4) is 5.69 Å². The van der Waals surface area contributed by atoms with Crippen molar-refractivity contribution in [3.63, 3.8) is 0 Å². The summed E-state index contributed by atoms with van der Waals surface area (Å²) in [6.45, 7) is 7.24. The van der Waals surface area contributed by atoms with E-state index in [0.29, 0.717) is 16.9 Å². The number of nitrogens with zero attached hydrogens (tertiary/aromatic N) is 2. The van der Waals surface area contributed by atoms with Crippen molar-refractivity contribution in [2.24, 2.45) is 5.73 Å². The van der Waals surface area contributed by atoms with Gasteiger partial charge in [-0.25, -0.2) is 9.36 Å². The first-order valence-corrected chi connectivity index (χ1v) is 8.07. The van der Waals surface area contributed by atoms with E-state index in [1.165, 1.54) is 0 Å². The van der Waals surface area contributed by atoms with Crippen LogP contribution in [0.2, 0.25) is 0 Å². The van der Waals surface area contributed by atoms with Crippen LogP contribution >= 0.6 is 0 Å². The molecular weight excluding hydrogens is 322 g/mol. The molecule has 1 heterocycles. The minimum Gasteiger partial charge on any atom is -0.480 e. The maximum Gasteiger partial charge on any atom is 0.336 e. The highest BCUT2D eigenvalue weighted by atomic mass is 16.4. The summed E-state index contributed by atoms with van der Waals surface area (Å²) in [5.74, 6) is -1.07. The number of benzene rings is 1. The molecule has 7 nitrogen and oxygen atoms in total. The number of hydrogen-bond acceptors (Lipinski definition) is 4. The summed E-state index contributed by atoms with van der Waals surface area (Å²) in [6, 6.07) is 5.55. The molecule has 3 N–H and O–H groups in total. The summed E-state index contributed by atoms with van der Waals surface area (Å²) in [5.41, 5.74) is 7.13. The highest BCUT2D eigenvalue weighted by Crippen LogP contribution is 2.11. The number of hydrogen-bond donors (Lipinski definition) is 2. The van der Waals surface area contributed by atoms with E-state index in [4.69, 9.17) is 10.8 Å². The zero-order valence-electron chi connectivity index (χ0n) is 14.8. The van der Waals surface area contributed by atoms with Gasteiger partial charge >= 0.3 is 11.7 Å². The molecule has 0 saturated carbocycles. The molecule has 0 spiro atoms. The number of nitrogens with two attached hydrogens (primary N) is 1. The maximum atomic E-state index is 12.8. The Balaban J connectivity index is 2.54. The smallest absolute Gasteiger partial charge is 0.336 e. The highest BCUT2D eigenvalue weighted by Gasteiger charge is 2.17. The van der Waals surface area contributed by atoms with Crippen LogP contribution in [-0.4, -0.2) is 26.3 Å². The van der Waals surface area contributed by atoms with Gasteiger partial charge in [0, 0.05) is 17.3 Å². The van der Waals surface area contributed by atoms with E-state index in [9.17, 15) is 14.4 Å². The Morgan fingerprint density at radius 3 is 2.20 bits per heavy atom. The molecule has 134 valence electrons. The van der Waals surface area contributed by atoms with E-state index < -0.39 is 17.7 Å². The number of carboxylic acids is 1. The van der Waals surface area contributed by atoms with Crippen LogP contribution in [0.5, 0.6) is 0 Å². The fraction of sp³-hybridized carbons (Fsp3) is 0.389. The predicted molar refractivity (Wildman–Crippen MR) is 95.5 cm³/mol. The Kier molecular flexibility index (Phi) is 5.27. The lowest BCUT2D eigenvalue weighted by atomic mass is 10.1. The number of aliphatic carboxylic acids is 1. The van der Waals surface area contributed by atoms with Crippen LogP contribution in [0.1, 0.15) is 36.7 Å². The van der Waals surface area contributed by atoms with Crippen LogP contribution < -0.4 is 17.0 Å². The van der Waals surface area contributed by atoms with Crippen LogP contribution in [0.15, 0.2) is 33.9 Å². The summed E-state index contributed by atoms with van der Waals surface area (Å²) < 4.78 is 2.73. The van der Waals surface area contributed by atoms with E-state index >= 15 is 0 Å². The second kappa shape index (κ2) is 7.06. The minimum absolute atomic E-state index is 0.0779. The molecule has 0 amide bonds. The van der Waals surface area contributed by atoms with Crippen molar-refractivity contribution in [2.45, 2.75) is 46.2 Å². The van der Waals surface area contributed by atoms with Crippen LogP contribution in [0.25, 0.3) is 5.69 Å². The van der Waals surface area contributed by atoms with Gasteiger partial charge in [-0.3, -0.25) is 14.2 Å². The van der Waals surface area contributed by atoms with E-state index in [-0.39, 0.29) is 18.0 Å². The number of aromatic nitrogens is 2. The van der Waals surface area contributed by atoms with E-state index in [0.717, 1.165) is 10.1 Å². The van der Waals surface area contributed by atoms with Gasteiger partial charge in [0.1, 0.15) is 6.04 Å². The average Bonchev–Trinajstić information content (AvgIpc) is 2.54. The van der Waals surface area contributed by atoms with Crippen LogP contribution in [-0.2, 0) is 11.2 Å². The maximum absolute atomic E-state index is 12.8. The molecule has 7 heteroatoms. The Morgan fingerprint density at radius 2 is 1.72 bits per heavy atom. The largest absolute Gasteiger partial charge is 0.480 e. The first-order chi connectivity index (χ1) is 11.6. The van der Waals surface area contributed by atoms with Gasteiger partial charge in [-0.05, 0) is 51.8 Å². The van der Waals surface area contributed by atoms with Gasteiger partial charge in [0.15, 0.2) is 0 Å². The third kappa shape index (κ3) is 3.56. The summed E-state index contributed by atoms with van der Waals surface area (Å²) in [4.78, 5) is 36.2. The summed E-state index contributed by atoms with van der Waals surface area (Å²) >= 11 is 0. The minimum atomic E-state index is -1.07. The van der Waals surface area contributed by atoms with Gasteiger partial charge in [-0.15, -0.1) is 0 Å². The van der Waals surface area contributed by atoms with Crippen molar-refractivity contribution in [1.29, 1.82) is 0 Å². The molecule has 0 aliphatic carbocycles. The lowest BCUT2D eigenvalue weighted by molar-refractivity contribution is -0.138.